The van der Waals surface area contributed by atoms with Gasteiger partial charge in [0.15, 0.2) is 5.97 Å². The molecule has 10 nitrogen and oxygen atoms in total. The molecule has 0 amide bonds. The van der Waals surface area contributed by atoms with E-state index in [-0.39, 0.29) is 89.1 Å². The van der Waals surface area contributed by atoms with Crippen LogP contribution in [0.15, 0.2) is 24.3 Å². The van der Waals surface area contributed by atoms with Crippen LogP contribution < -0.4 is 4.74 Å². The summed E-state index contributed by atoms with van der Waals surface area (Å²) in [5.74, 6) is -2.30. The topological polar surface area (TPSA) is 168 Å². The number of Topliss-reactive ketones (excluding diaryl/α,β-unsaturated/α-hetero) is 1. The fourth-order valence-electron chi connectivity index (χ4n) is 1.77. The van der Waals surface area contributed by atoms with Gasteiger partial charge in [-0.2, -0.15) is 13.2 Å². The maximum Gasteiger partial charge on any atom is 0.335 e. The summed E-state index contributed by atoms with van der Waals surface area (Å²) in [5, 5.41) is 32.8. The van der Waals surface area contributed by atoms with Gasteiger partial charge in [-0.05, 0) is 122 Å². The zero-order valence-electron chi connectivity index (χ0n) is 18.4. The van der Waals surface area contributed by atoms with Gasteiger partial charge in [-0.15, -0.1) is 0 Å². The molecule has 0 bridgehead atoms. The minimum absolute atomic E-state index is 0. The molecular weight excluding hydrogens is 1090 g/mol. The van der Waals surface area contributed by atoms with Gasteiger partial charge in [-0.3, -0.25) is 4.79 Å². The number of aromatic hydroxyl groups is 1. The molecule has 0 fully saturated rings. The van der Waals surface area contributed by atoms with E-state index in [0.717, 1.165) is 19.5 Å². The Hall–Kier alpha value is 0.948. The standard InChI is InChI=1S/C11H9I2O4.C7H4I2O3.C2H3O3.2Y/c1-6(14)5-17-11(15)7-3-8(12)10(16-2)9(13)4-7;8-4-1-3(7(11)12)2-5(9)6(4)10;3-1-2(4)5;;/h3-5H,1-2H3;1-2,10H,(H,11,12);1,3H,(H,4,5);;/q-1;;-1;;. The Morgan fingerprint density at radius 1 is 0.833 bits per heavy atom. The van der Waals surface area contributed by atoms with E-state index in [1.54, 1.807) is 19.2 Å². The summed E-state index contributed by atoms with van der Waals surface area (Å²) in [5.41, 5.74) is 0.582. The molecule has 0 unspecified atom stereocenters. The first-order valence-electron chi connectivity index (χ1n) is 8.44. The molecule has 2 rings (SSSR count). The summed E-state index contributed by atoms with van der Waals surface area (Å²) in [6.07, 6.45) is 0. The molecule has 36 heavy (non-hydrogen) atoms. The molecule has 0 aliphatic heterocycles. The van der Waals surface area contributed by atoms with Crippen molar-refractivity contribution in [3.8, 4) is 11.5 Å². The quantitative estimate of drug-likeness (QED) is 0.181. The third-order valence-electron chi connectivity index (χ3n) is 3.14. The number of hydrogen-bond acceptors (Lipinski definition) is 8. The second-order valence-electron chi connectivity index (χ2n) is 5.67. The predicted octanol–water partition coefficient (Wildman–Crippen LogP) is 4.71. The number of carboxylic acid groups (broad SMARTS) is 2. The van der Waals surface area contributed by atoms with Crippen LogP contribution in [0, 0.1) is 27.5 Å². The maximum atomic E-state index is 11.6. The van der Waals surface area contributed by atoms with Crippen molar-refractivity contribution in [2.24, 2.45) is 0 Å². The summed E-state index contributed by atoms with van der Waals surface area (Å²) in [4.78, 5) is 41.8. The van der Waals surface area contributed by atoms with Gasteiger partial charge in [0.1, 0.15) is 11.5 Å². The van der Waals surface area contributed by atoms with Crippen molar-refractivity contribution in [2.75, 3.05) is 7.11 Å². The Morgan fingerprint density at radius 2 is 1.22 bits per heavy atom. The number of phenols is 1. The van der Waals surface area contributed by atoms with E-state index in [9.17, 15) is 19.5 Å². The fraction of sp³-hybridized carbons (Fsp3) is 0.100. The molecule has 0 aliphatic carbocycles. The van der Waals surface area contributed by atoms with E-state index in [1.165, 1.54) is 19.1 Å². The number of carbonyl (C=O) groups is 4. The van der Waals surface area contributed by atoms with E-state index in [0.29, 0.717) is 12.7 Å². The van der Waals surface area contributed by atoms with Crippen LogP contribution in [0.3, 0.4) is 0 Å². The summed E-state index contributed by atoms with van der Waals surface area (Å²) < 4.78 is 12.6. The van der Waals surface area contributed by atoms with Crippen molar-refractivity contribution in [2.45, 2.75) is 6.92 Å². The van der Waals surface area contributed by atoms with E-state index < -0.39 is 17.9 Å². The number of benzene rings is 2. The van der Waals surface area contributed by atoms with E-state index in [2.05, 4.69) is 45.2 Å². The Bertz CT molecular complexity index is 1020. The van der Waals surface area contributed by atoms with Crippen LogP contribution in [0.5, 0.6) is 11.5 Å². The van der Waals surface area contributed by atoms with Crippen LogP contribution in [0.1, 0.15) is 27.6 Å². The molecule has 0 atom stereocenters. The number of carbonyl (C=O) groups excluding carboxylic acids is 2. The van der Waals surface area contributed by atoms with Crippen molar-refractivity contribution >= 4 is 114 Å². The number of aliphatic carboxylic acids is 1. The zero-order chi connectivity index (χ0) is 26.6. The third kappa shape index (κ3) is 16.1. The summed E-state index contributed by atoms with van der Waals surface area (Å²) in [6, 6.07) is 6.16. The predicted molar refractivity (Wildman–Crippen MR) is 153 cm³/mol. The van der Waals surface area contributed by atoms with Gasteiger partial charge in [-0.25, -0.2) is 9.59 Å². The molecule has 16 heteroatoms. The smallest absolute Gasteiger partial charge is 0.335 e. The van der Waals surface area contributed by atoms with Crippen molar-refractivity contribution < 1.29 is 114 Å². The van der Waals surface area contributed by atoms with Crippen molar-refractivity contribution in [1.82, 2.24) is 0 Å². The zero-order valence-corrected chi connectivity index (χ0v) is 32.7. The molecule has 0 saturated heterocycles. The van der Waals surface area contributed by atoms with E-state index >= 15 is 0 Å². The Morgan fingerprint density at radius 3 is 1.53 bits per heavy atom. The third-order valence-corrected chi connectivity index (χ3v) is 6.39. The summed E-state index contributed by atoms with van der Waals surface area (Å²) in [7, 11) is 1.57. The minimum atomic E-state index is -1.31. The number of ketones is 1. The number of esters is 1. The number of rotatable bonds is 6. The second kappa shape index (κ2) is 21.7. The molecule has 2 aromatic rings. The molecular formula is C20H16I4O10Y2-2. The molecule has 2 radical (unpaired) electrons. The van der Waals surface area contributed by atoms with E-state index in [4.69, 9.17) is 29.6 Å². The van der Waals surface area contributed by atoms with Gasteiger partial charge in [0.2, 0.25) is 0 Å². The number of ether oxygens (including phenoxy) is 2. The number of aromatic carboxylic acids is 1. The molecule has 0 spiro atoms. The SMILES string of the molecule is COc1c(I)cc(C(=O)O[CH-]C(C)=O)cc1I.O=C(O)[CH-]O.O=C(O)c1cc(I)c(O)c(I)c1.[Y].[Y]. The molecule has 0 aliphatic rings. The second-order valence-corrected chi connectivity index (χ2v) is 10.3. The summed E-state index contributed by atoms with van der Waals surface area (Å²) in [6.45, 7) is 2.29. The average molecular weight is 1100 g/mol. The number of methoxy groups -OCH3 is 1. The fourth-order valence-corrected chi connectivity index (χ4v) is 5.74. The van der Waals surface area contributed by atoms with Gasteiger partial charge in [0.25, 0.3) is 0 Å². The number of aliphatic hydroxyl groups is 1. The van der Waals surface area contributed by atoms with Gasteiger partial charge in [0, 0.05) is 71.2 Å². The largest absolute Gasteiger partial charge is 0.607 e. The Kier molecular flexibility index (Phi) is 25.0. The number of halogens is 4. The normalized spacial score (nSPS) is 8.75. The Balaban J connectivity index is -0.000000503. The Labute approximate surface area is 311 Å². The first-order chi connectivity index (χ1) is 15.7. The number of carboxylic acids is 2. The van der Waals surface area contributed by atoms with Crippen LogP contribution in [-0.2, 0) is 79.7 Å². The van der Waals surface area contributed by atoms with Crippen molar-refractivity contribution in [3.63, 3.8) is 0 Å². The summed E-state index contributed by atoms with van der Waals surface area (Å²) >= 11 is 7.93. The number of hydrogen-bond donors (Lipinski definition) is 4. The molecule has 4 N–H and O–H groups in total. The molecule has 192 valence electrons. The molecule has 0 heterocycles. The number of aliphatic hydroxyl groups excluding tert-OH is 1. The van der Waals surface area contributed by atoms with Crippen molar-refractivity contribution in [3.05, 3.63) is 62.9 Å². The van der Waals surface area contributed by atoms with Gasteiger partial charge in [-0.1, -0.05) is 0 Å². The van der Waals surface area contributed by atoms with Gasteiger partial charge in [0.05, 0.1) is 32.5 Å². The van der Waals surface area contributed by atoms with Crippen LogP contribution in [0.25, 0.3) is 0 Å². The first-order valence-corrected chi connectivity index (χ1v) is 12.8. The van der Waals surface area contributed by atoms with Crippen LogP contribution in [-0.4, -0.2) is 51.2 Å². The van der Waals surface area contributed by atoms with Crippen LogP contribution in [0.2, 0.25) is 0 Å². The molecule has 0 saturated carbocycles. The van der Waals surface area contributed by atoms with Crippen LogP contribution in [0.4, 0.5) is 0 Å². The average Bonchev–Trinajstić information content (AvgIpc) is 2.75. The van der Waals surface area contributed by atoms with Gasteiger partial charge >= 0.3 is 11.9 Å². The monoisotopic (exact) mass is 1100 g/mol. The van der Waals surface area contributed by atoms with Crippen molar-refractivity contribution in [1.29, 1.82) is 0 Å². The molecule has 2 aromatic carbocycles. The minimum Gasteiger partial charge on any atom is -0.607 e. The van der Waals surface area contributed by atoms with Gasteiger partial charge < -0.3 is 34.7 Å². The van der Waals surface area contributed by atoms with Crippen LogP contribution >= 0.6 is 90.4 Å². The first kappa shape index (κ1) is 41.4. The van der Waals surface area contributed by atoms with E-state index in [1.807, 2.05) is 45.2 Å². The molecule has 0 aromatic heterocycles. The number of phenolic OH excluding ortho intramolecular Hbond substituents is 1. The maximum absolute atomic E-state index is 11.6.